The minimum Gasteiger partial charge on any atom is -0.362 e. The van der Waals surface area contributed by atoms with Gasteiger partial charge in [-0.1, -0.05) is 0 Å². The van der Waals surface area contributed by atoms with Gasteiger partial charge in [-0.25, -0.2) is 9.29 Å². The molecule has 17 heavy (non-hydrogen) atoms. The molecule has 1 fully saturated rings. The zero-order valence-electron chi connectivity index (χ0n) is 8.98. The van der Waals surface area contributed by atoms with Crippen LogP contribution in [0.25, 0.3) is 0 Å². The highest BCUT2D eigenvalue weighted by Crippen LogP contribution is 2.23. The molecule has 5 nitrogen and oxygen atoms in total. The molecule has 0 atom stereocenters. The van der Waals surface area contributed by atoms with Gasteiger partial charge in [-0.2, -0.15) is 0 Å². The van der Waals surface area contributed by atoms with Gasteiger partial charge in [0.1, 0.15) is 19.0 Å². The van der Waals surface area contributed by atoms with Crippen LogP contribution in [0.2, 0.25) is 0 Å². The lowest BCUT2D eigenvalue weighted by Crippen LogP contribution is -2.46. The minimum atomic E-state index is -0.470. The third-order valence-electron chi connectivity index (χ3n) is 2.45. The summed E-state index contributed by atoms with van der Waals surface area (Å²) in [5.41, 5.74) is 6.21. The van der Waals surface area contributed by atoms with Crippen molar-refractivity contribution >= 4 is 17.5 Å². The van der Waals surface area contributed by atoms with Crippen molar-refractivity contribution in [3.63, 3.8) is 0 Å². The van der Waals surface area contributed by atoms with E-state index in [0.717, 1.165) is 4.90 Å². The number of carbonyl (C=O) groups is 2. The molecule has 2 N–H and O–H groups in total. The Hall–Kier alpha value is -1.79. The molecule has 0 saturated carbocycles. The van der Waals surface area contributed by atoms with E-state index in [1.165, 1.54) is 18.2 Å². The normalized spacial score (nSPS) is 16.5. The van der Waals surface area contributed by atoms with Crippen LogP contribution in [0.5, 0.6) is 0 Å². The monoisotopic (exact) mass is 238 g/mol. The van der Waals surface area contributed by atoms with Crippen molar-refractivity contribution in [3.8, 4) is 0 Å². The van der Waals surface area contributed by atoms with E-state index in [0.29, 0.717) is 11.3 Å². The Kier molecular flexibility index (Phi) is 3.16. The zero-order valence-corrected chi connectivity index (χ0v) is 8.98. The molecule has 1 aromatic rings. The number of halogens is 1. The van der Waals surface area contributed by atoms with E-state index in [1.54, 1.807) is 0 Å². The maximum Gasteiger partial charge on any atom is 0.259 e. The summed E-state index contributed by atoms with van der Waals surface area (Å²) in [5.74, 6) is -1.40. The number of benzene rings is 1. The quantitative estimate of drug-likeness (QED) is 0.746. The van der Waals surface area contributed by atoms with E-state index >= 15 is 0 Å². The standard InChI is InChI=1S/C11H11FN2O3/c12-8-1-2-9(7(3-8)4-13)14-10(15)5-17-6-11(14)16/h1-3H,4-6,13H2. The second kappa shape index (κ2) is 4.60. The van der Waals surface area contributed by atoms with Crippen LogP contribution in [-0.4, -0.2) is 25.0 Å². The van der Waals surface area contributed by atoms with Gasteiger partial charge in [0.15, 0.2) is 0 Å². The van der Waals surface area contributed by atoms with Gasteiger partial charge in [-0.15, -0.1) is 0 Å². The number of carbonyl (C=O) groups excluding carboxylic acids is 2. The lowest BCUT2D eigenvalue weighted by molar-refractivity contribution is -0.138. The van der Waals surface area contributed by atoms with E-state index in [2.05, 4.69) is 0 Å². The van der Waals surface area contributed by atoms with E-state index in [4.69, 9.17) is 10.5 Å². The van der Waals surface area contributed by atoms with Crippen molar-refractivity contribution in [1.82, 2.24) is 0 Å². The molecule has 2 rings (SSSR count). The van der Waals surface area contributed by atoms with Gasteiger partial charge < -0.3 is 10.5 Å². The van der Waals surface area contributed by atoms with Crippen molar-refractivity contribution in [2.75, 3.05) is 18.1 Å². The number of nitrogens with two attached hydrogens (primary N) is 1. The highest BCUT2D eigenvalue weighted by atomic mass is 19.1. The Morgan fingerprint density at radius 2 is 1.94 bits per heavy atom. The summed E-state index contributed by atoms with van der Waals surface area (Å²) in [6, 6.07) is 3.77. The maximum atomic E-state index is 13.0. The van der Waals surface area contributed by atoms with Gasteiger partial charge >= 0.3 is 0 Å². The lowest BCUT2D eigenvalue weighted by Gasteiger charge is -2.26. The first kappa shape index (κ1) is 11.7. The van der Waals surface area contributed by atoms with Crippen LogP contribution in [0.1, 0.15) is 5.56 Å². The average molecular weight is 238 g/mol. The van der Waals surface area contributed by atoms with Gasteiger partial charge in [-0.05, 0) is 23.8 Å². The number of ether oxygens (including phenoxy) is 1. The zero-order chi connectivity index (χ0) is 12.4. The number of anilines is 1. The largest absolute Gasteiger partial charge is 0.362 e. The number of hydrogen-bond donors (Lipinski definition) is 1. The summed E-state index contributed by atoms with van der Waals surface area (Å²) in [5, 5.41) is 0. The van der Waals surface area contributed by atoms with Crippen LogP contribution in [-0.2, 0) is 20.9 Å². The average Bonchev–Trinajstić information content (AvgIpc) is 2.30. The Balaban J connectivity index is 2.44. The molecule has 0 aromatic heterocycles. The highest BCUT2D eigenvalue weighted by Gasteiger charge is 2.29. The molecule has 1 aliphatic rings. The van der Waals surface area contributed by atoms with Crippen molar-refractivity contribution < 1.29 is 18.7 Å². The molecular weight excluding hydrogens is 227 g/mol. The van der Waals surface area contributed by atoms with Gasteiger partial charge in [0.25, 0.3) is 11.8 Å². The van der Waals surface area contributed by atoms with Crippen LogP contribution >= 0.6 is 0 Å². The maximum absolute atomic E-state index is 13.0. The first-order chi connectivity index (χ1) is 8.13. The van der Waals surface area contributed by atoms with Crippen LogP contribution < -0.4 is 10.6 Å². The van der Waals surface area contributed by atoms with E-state index in [9.17, 15) is 14.0 Å². The molecule has 0 spiro atoms. The highest BCUT2D eigenvalue weighted by molar-refractivity contribution is 6.17. The molecular formula is C11H11FN2O3. The van der Waals surface area contributed by atoms with Crippen molar-refractivity contribution in [1.29, 1.82) is 0 Å². The fraction of sp³-hybridized carbons (Fsp3) is 0.273. The second-order valence-electron chi connectivity index (χ2n) is 3.59. The number of imide groups is 1. The van der Waals surface area contributed by atoms with Gasteiger partial charge in [0.05, 0.1) is 5.69 Å². The number of morpholine rings is 1. The topological polar surface area (TPSA) is 72.6 Å². The smallest absolute Gasteiger partial charge is 0.259 e. The molecule has 6 heteroatoms. The molecule has 0 bridgehead atoms. The van der Waals surface area contributed by atoms with Crippen LogP contribution in [0.3, 0.4) is 0 Å². The van der Waals surface area contributed by atoms with Crippen molar-refractivity contribution in [2.45, 2.75) is 6.54 Å². The van der Waals surface area contributed by atoms with Crippen molar-refractivity contribution in [2.24, 2.45) is 5.73 Å². The Morgan fingerprint density at radius 1 is 1.29 bits per heavy atom. The Bertz CT molecular complexity index is 460. The lowest BCUT2D eigenvalue weighted by atomic mass is 10.1. The molecule has 1 aliphatic heterocycles. The minimum absolute atomic E-state index is 0.0466. The predicted molar refractivity (Wildman–Crippen MR) is 57.6 cm³/mol. The molecule has 0 radical (unpaired) electrons. The summed E-state index contributed by atoms with van der Waals surface area (Å²) < 4.78 is 17.8. The van der Waals surface area contributed by atoms with E-state index in [-0.39, 0.29) is 19.8 Å². The number of amides is 2. The Labute approximate surface area is 97.0 Å². The summed E-state index contributed by atoms with van der Waals surface area (Å²) in [7, 11) is 0. The first-order valence-corrected chi connectivity index (χ1v) is 5.05. The van der Waals surface area contributed by atoms with Crippen molar-refractivity contribution in [3.05, 3.63) is 29.6 Å². The molecule has 1 heterocycles. The third-order valence-corrected chi connectivity index (χ3v) is 2.45. The van der Waals surface area contributed by atoms with Crippen LogP contribution in [0, 0.1) is 5.82 Å². The molecule has 90 valence electrons. The fourth-order valence-electron chi connectivity index (χ4n) is 1.70. The summed E-state index contributed by atoms with van der Waals surface area (Å²) in [6.07, 6.45) is 0. The van der Waals surface area contributed by atoms with Gasteiger partial charge in [-0.3, -0.25) is 9.59 Å². The molecule has 0 unspecified atom stereocenters. The second-order valence-corrected chi connectivity index (χ2v) is 3.59. The van der Waals surface area contributed by atoms with Gasteiger partial charge in [0, 0.05) is 6.54 Å². The number of rotatable bonds is 2. The number of hydrogen-bond acceptors (Lipinski definition) is 4. The first-order valence-electron chi connectivity index (χ1n) is 5.05. The molecule has 1 saturated heterocycles. The Morgan fingerprint density at radius 3 is 2.53 bits per heavy atom. The summed E-state index contributed by atoms with van der Waals surface area (Å²) >= 11 is 0. The molecule has 0 aliphatic carbocycles. The molecule has 1 aromatic carbocycles. The van der Waals surface area contributed by atoms with E-state index in [1.807, 2.05) is 0 Å². The predicted octanol–water partition coefficient (Wildman–Crippen LogP) is 0.174. The van der Waals surface area contributed by atoms with E-state index < -0.39 is 17.6 Å². The fourth-order valence-corrected chi connectivity index (χ4v) is 1.70. The summed E-state index contributed by atoms with van der Waals surface area (Å²) in [6.45, 7) is -0.273. The molecule has 2 amide bonds. The summed E-state index contributed by atoms with van der Waals surface area (Å²) in [4.78, 5) is 24.2. The third kappa shape index (κ3) is 2.17. The van der Waals surface area contributed by atoms with Crippen LogP contribution in [0.4, 0.5) is 10.1 Å². The number of nitrogens with zero attached hydrogens (tertiary/aromatic N) is 1. The SMILES string of the molecule is NCc1cc(F)ccc1N1C(=O)COCC1=O. The van der Waals surface area contributed by atoms with Crippen LogP contribution in [0.15, 0.2) is 18.2 Å². The van der Waals surface area contributed by atoms with Gasteiger partial charge in [0.2, 0.25) is 0 Å².